The van der Waals surface area contributed by atoms with E-state index in [0.29, 0.717) is 0 Å². The Bertz CT molecular complexity index is 784. The number of halogens is 1. The minimum Gasteiger partial charge on any atom is -0.382 e. The molecular formula is C17H24BrN7O2S. The molecule has 9 nitrogen and oxygen atoms in total. The summed E-state index contributed by atoms with van der Waals surface area (Å²) in [7, 11) is 0. The number of aliphatic imine (C=N–C) groups is 1. The van der Waals surface area contributed by atoms with Gasteiger partial charge in [0.05, 0.1) is 12.4 Å². The van der Waals surface area contributed by atoms with Gasteiger partial charge in [-0.2, -0.15) is 0 Å². The summed E-state index contributed by atoms with van der Waals surface area (Å²) in [6, 6.07) is 0. The van der Waals surface area contributed by atoms with E-state index in [-0.39, 0.29) is 23.0 Å². The summed E-state index contributed by atoms with van der Waals surface area (Å²) in [4.78, 5) is 15.9. The number of nitrogens with two attached hydrogens (primary N) is 1. The molecule has 0 unspecified atom stereocenters. The summed E-state index contributed by atoms with van der Waals surface area (Å²) in [5, 5.41) is 10.5. The van der Waals surface area contributed by atoms with Gasteiger partial charge in [-0.3, -0.25) is 10.2 Å². The first-order valence-corrected chi connectivity index (χ1v) is 9.57. The third-order valence-electron chi connectivity index (χ3n) is 2.98. The maximum Gasteiger partial charge on any atom is 0.274 e. The quantitative estimate of drug-likeness (QED) is 0.126. The molecule has 28 heavy (non-hydrogen) atoms. The standard InChI is InChI=1S/C11H15N7O2S.C6H9Br/c1-3-5-6-13-9(12)8-10(17-20-16-8)14-11(19)7(4-2)15-18-21;1-5(2)6(3)4-7/h4-6H,3H2,1-2H3,(H2,12,13)(H,15,21)(H,14,17,19);1,3-4H2,2H3/b6-5+,7-4-;. The van der Waals surface area contributed by atoms with Gasteiger partial charge in [-0.05, 0) is 36.2 Å². The zero-order valence-corrected chi connectivity index (χ0v) is 18.4. The van der Waals surface area contributed by atoms with Crippen LogP contribution in [0.1, 0.15) is 32.9 Å². The second kappa shape index (κ2) is 14.4. The number of nitrogens with one attached hydrogen (secondary N) is 2. The summed E-state index contributed by atoms with van der Waals surface area (Å²) < 4.78 is 7.82. The third-order valence-corrected chi connectivity index (χ3v) is 3.75. The van der Waals surface area contributed by atoms with Crippen molar-refractivity contribution in [3.05, 3.63) is 54.0 Å². The van der Waals surface area contributed by atoms with Crippen molar-refractivity contribution in [2.45, 2.75) is 27.2 Å². The van der Waals surface area contributed by atoms with Gasteiger partial charge in [0.25, 0.3) is 5.91 Å². The molecule has 0 spiro atoms. The van der Waals surface area contributed by atoms with Crippen molar-refractivity contribution in [1.82, 2.24) is 15.7 Å². The van der Waals surface area contributed by atoms with Crippen molar-refractivity contribution in [3.63, 3.8) is 0 Å². The van der Waals surface area contributed by atoms with Crippen LogP contribution in [0.4, 0.5) is 5.82 Å². The van der Waals surface area contributed by atoms with Crippen molar-refractivity contribution in [2.24, 2.45) is 15.2 Å². The summed E-state index contributed by atoms with van der Waals surface area (Å²) in [6.45, 7) is 13.0. The number of aromatic nitrogens is 2. The minimum absolute atomic E-state index is 0.0525. The minimum atomic E-state index is -0.514. The molecule has 1 amide bonds. The lowest BCUT2D eigenvalue weighted by atomic mass is 10.2. The molecule has 1 aromatic rings. The van der Waals surface area contributed by atoms with Crippen LogP contribution < -0.4 is 16.5 Å². The van der Waals surface area contributed by atoms with Crippen molar-refractivity contribution < 1.29 is 9.42 Å². The number of allylic oxidation sites excluding steroid dienone is 4. The van der Waals surface area contributed by atoms with E-state index in [0.717, 1.165) is 22.9 Å². The normalized spacial score (nSPS) is 11.4. The first-order chi connectivity index (χ1) is 13.3. The summed E-state index contributed by atoms with van der Waals surface area (Å²) in [5.41, 5.74) is 10.5. The molecule has 0 bridgehead atoms. The molecule has 4 N–H and O–H groups in total. The van der Waals surface area contributed by atoms with Crippen LogP contribution >= 0.6 is 15.9 Å². The lowest BCUT2D eigenvalue weighted by molar-refractivity contribution is -0.113. The smallest absolute Gasteiger partial charge is 0.274 e. The van der Waals surface area contributed by atoms with Gasteiger partial charge < -0.3 is 11.1 Å². The van der Waals surface area contributed by atoms with Gasteiger partial charge in [0.1, 0.15) is 5.70 Å². The summed E-state index contributed by atoms with van der Waals surface area (Å²) in [5.74, 6) is -0.393. The van der Waals surface area contributed by atoms with Gasteiger partial charge in [0.2, 0.25) is 5.82 Å². The van der Waals surface area contributed by atoms with Crippen molar-refractivity contribution in [2.75, 3.05) is 10.6 Å². The van der Waals surface area contributed by atoms with E-state index in [9.17, 15) is 4.79 Å². The Morgan fingerprint density at radius 2 is 2.11 bits per heavy atom. The second-order valence-corrected chi connectivity index (χ2v) is 5.89. The molecule has 0 saturated carbocycles. The van der Waals surface area contributed by atoms with Gasteiger partial charge in [-0.25, -0.2) is 9.62 Å². The molecule has 0 aliphatic heterocycles. The second-order valence-electron chi connectivity index (χ2n) is 5.15. The van der Waals surface area contributed by atoms with E-state index in [2.05, 4.69) is 76.7 Å². The highest BCUT2D eigenvalue weighted by molar-refractivity contribution is 9.09. The molecule has 0 aliphatic carbocycles. The number of amides is 1. The van der Waals surface area contributed by atoms with Crippen molar-refractivity contribution in [3.8, 4) is 0 Å². The van der Waals surface area contributed by atoms with Crippen LogP contribution in [0.2, 0.25) is 0 Å². The molecule has 0 saturated heterocycles. The fourth-order valence-electron chi connectivity index (χ4n) is 1.32. The lowest BCUT2D eigenvalue weighted by Gasteiger charge is -2.04. The van der Waals surface area contributed by atoms with Crippen LogP contribution in [0.5, 0.6) is 0 Å². The number of anilines is 1. The maximum atomic E-state index is 11.9. The molecule has 1 aromatic heterocycles. The Balaban J connectivity index is 0.000000887. The average molecular weight is 470 g/mol. The van der Waals surface area contributed by atoms with E-state index < -0.39 is 5.91 Å². The van der Waals surface area contributed by atoms with Gasteiger partial charge in [-0.15, -0.1) is 4.47 Å². The number of alkyl halides is 1. The van der Waals surface area contributed by atoms with E-state index >= 15 is 0 Å². The molecule has 0 fully saturated rings. The number of carbonyl (C=O) groups excluding carboxylic acids is 1. The monoisotopic (exact) mass is 469 g/mol. The Kier molecular flexibility index (Phi) is 13.0. The maximum absolute atomic E-state index is 11.9. The number of nitrogens with zero attached hydrogens (tertiary/aromatic N) is 4. The Morgan fingerprint density at radius 1 is 1.43 bits per heavy atom. The molecule has 0 aliphatic rings. The molecule has 152 valence electrons. The average Bonchev–Trinajstić information content (AvgIpc) is 3.13. The Morgan fingerprint density at radius 3 is 2.57 bits per heavy atom. The SMILES string of the molecule is C/C=C(\NN=S)C(=O)Nc1nonc1C(N)=N/C=C/CC.C=C(C)C(=C)CBr. The molecular weight excluding hydrogens is 446 g/mol. The van der Waals surface area contributed by atoms with E-state index in [1.165, 1.54) is 12.3 Å². The van der Waals surface area contributed by atoms with Crippen LogP contribution in [-0.2, 0) is 17.2 Å². The van der Waals surface area contributed by atoms with E-state index in [1.54, 1.807) is 6.92 Å². The van der Waals surface area contributed by atoms with Crippen LogP contribution in [0.15, 0.2) is 62.4 Å². The Hall–Kier alpha value is -2.66. The zero-order valence-electron chi connectivity index (χ0n) is 16.0. The molecule has 0 atom stereocenters. The number of amidine groups is 1. The highest BCUT2D eigenvalue weighted by Gasteiger charge is 2.18. The fraction of sp³-hybridized carbons (Fsp3) is 0.294. The fourth-order valence-corrected chi connectivity index (χ4v) is 1.90. The first-order valence-electron chi connectivity index (χ1n) is 8.09. The van der Waals surface area contributed by atoms with Crippen molar-refractivity contribution in [1.29, 1.82) is 0 Å². The zero-order chi connectivity index (χ0) is 21.5. The first kappa shape index (κ1) is 25.3. The number of carbonyl (C=O) groups is 1. The lowest BCUT2D eigenvalue weighted by Crippen LogP contribution is -2.24. The highest BCUT2D eigenvalue weighted by atomic mass is 79.9. The number of hydrogen-bond donors (Lipinski definition) is 3. The molecule has 0 aromatic carbocycles. The molecule has 11 heteroatoms. The topological polar surface area (TPSA) is 131 Å². The van der Waals surface area contributed by atoms with E-state index in [1.807, 2.05) is 19.9 Å². The summed E-state index contributed by atoms with van der Waals surface area (Å²) in [6.07, 6.45) is 5.66. The van der Waals surface area contributed by atoms with Crippen LogP contribution in [-0.4, -0.2) is 27.4 Å². The molecule has 1 heterocycles. The largest absolute Gasteiger partial charge is 0.382 e. The summed E-state index contributed by atoms with van der Waals surface area (Å²) >= 11 is 7.64. The predicted molar refractivity (Wildman–Crippen MR) is 118 cm³/mol. The van der Waals surface area contributed by atoms with Gasteiger partial charge in [-0.1, -0.05) is 53.7 Å². The predicted octanol–water partition coefficient (Wildman–Crippen LogP) is 3.29. The van der Waals surface area contributed by atoms with Crippen molar-refractivity contribution >= 4 is 45.9 Å². The van der Waals surface area contributed by atoms with Gasteiger partial charge in [0, 0.05) is 11.5 Å². The van der Waals surface area contributed by atoms with Gasteiger partial charge >= 0.3 is 0 Å². The third kappa shape index (κ3) is 9.33. The molecule has 0 radical (unpaired) electrons. The highest BCUT2D eigenvalue weighted by Crippen LogP contribution is 2.10. The van der Waals surface area contributed by atoms with Gasteiger partial charge in [0.15, 0.2) is 11.5 Å². The van der Waals surface area contributed by atoms with Crippen LogP contribution in [0.3, 0.4) is 0 Å². The van der Waals surface area contributed by atoms with E-state index in [4.69, 9.17) is 5.73 Å². The van der Waals surface area contributed by atoms with Crippen LogP contribution in [0, 0.1) is 0 Å². The van der Waals surface area contributed by atoms with Crippen LogP contribution in [0.25, 0.3) is 0 Å². The number of hydrogen-bond acceptors (Lipinski definition) is 7. The molecule has 1 rings (SSSR count). The number of rotatable bonds is 9. The Labute approximate surface area is 178 Å².